The smallest absolute Gasteiger partial charge is 0.251 e. The third-order valence-corrected chi connectivity index (χ3v) is 6.23. The van der Waals surface area contributed by atoms with Crippen molar-refractivity contribution in [1.29, 1.82) is 0 Å². The van der Waals surface area contributed by atoms with Gasteiger partial charge in [-0.3, -0.25) is 9.59 Å². The first-order valence-corrected chi connectivity index (χ1v) is 9.81. The number of hydrogen-bond acceptors (Lipinski definition) is 3. The number of rotatable bonds is 5. The van der Waals surface area contributed by atoms with E-state index >= 15 is 0 Å². The molecule has 150 valence electrons. The van der Waals surface area contributed by atoms with E-state index in [0.717, 1.165) is 44.5 Å². The van der Waals surface area contributed by atoms with Gasteiger partial charge in [0.1, 0.15) is 0 Å². The molecule has 2 aliphatic rings. The van der Waals surface area contributed by atoms with Gasteiger partial charge in [0.2, 0.25) is 5.91 Å². The van der Waals surface area contributed by atoms with Crippen LogP contribution < -0.4 is 16.0 Å². The standard InChI is InChI=1S/C21H31N3O2.ClH/c1-4-20(2,3)24-18(25)15-8-10-17(11-9-15)23-19(26)21-12-6-5-7-16(21)13-22-14-21;/h8-11,16,22H,4-7,12-14H2,1-3H3,(H,23,26)(H,24,25);1H/t16-,21+;/m0./s1. The average molecular weight is 394 g/mol. The molecule has 6 heteroatoms. The first kappa shape index (κ1) is 21.7. The van der Waals surface area contributed by atoms with Crippen LogP contribution in [0.15, 0.2) is 24.3 Å². The molecule has 0 bridgehead atoms. The van der Waals surface area contributed by atoms with E-state index in [1.807, 2.05) is 26.0 Å². The van der Waals surface area contributed by atoms with Crippen molar-refractivity contribution in [2.45, 2.75) is 58.4 Å². The summed E-state index contributed by atoms with van der Waals surface area (Å²) in [4.78, 5) is 25.3. The minimum atomic E-state index is -0.264. The Morgan fingerprint density at radius 1 is 1.22 bits per heavy atom. The summed E-state index contributed by atoms with van der Waals surface area (Å²) in [5.41, 5.74) is 0.876. The molecule has 0 radical (unpaired) electrons. The maximum Gasteiger partial charge on any atom is 0.251 e. The second-order valence-corrected chi connectivity index (χ2v) is 8.45. The van der Waals surface area contributed by atoms with Crippen molar-refractivity contribution >= 4 is 29.9 Å². The van der Waals surface area contributed by atoms with Gasteiger partial charge in [0.25, 0.3) is 5.91 Å². The maximum atomic E-state index is 13.0. The van der Waals surface area contributed by atoms with Gasteiger partial charge in [0.05, 0.1) is 5.41 Å². The number of fused-ring (bicyclic) bond motifs is 1. The summed E-state index contributed by atoms with van der Waals surface area (Å²) in [6, 6.07) is 7.20. The predicted octanol–water partition coefficient (Wildman–Crippen LogP) is 3.75. The predicted molar refractivity (Wildman–Crippen MR) is 111 cm³/mol. The lowest BCUT2D eigenvalue weighted by Crippen LogP contribution is -2.44. The van der Waals surface area contributed by atoms with Crippen molar-refractivity contribution in [3.63, 3.8) is 0 Å². The summed E-state index contributed by atoms with van der Waals surface area (Å²) in [7, 11) is 0. The van der Waals surface area contributed by atoms with Crippen molar-refractivity contribution in [3.05, 3.63) is 29.8 Å². The van der Waals surface area contributed by atoms with Crippen molar-refractivity contribution < 1.29 is 9.59 Å². The van der Waals surface area contributed by atoms with Gasteiger partial charge >= 0.3 is 0 Å². The highest BCUT2D eigenvalue weighted by atomic mass is 35.5. The third kappa shape index (κ3) is 4.64. The van der Waals surface area contributed by atoms with Gasteiger partial charge in [0.15, 0.2) is 0 Å². The number of halogens is 1. The first-order valence-electron chi connectivity index (χ1n) is 9.81. The molecule has 0 spiro atoms. The highest BCUT2D eigenvalue weighted by Gasteiger charge is 2.49. The zero-order valence-electron chi connectivity index (χ0n) is 16.6. The third-order valence-electron chi connectivity index (χ3n) is 6.23. The Morgan fingerprint density at radius 2 is 1.93 bits per heavy atom. The number of benzene rings is 1. The molecule has 2 fully saturated rings. The Balaban J connectivity index is 0.00000261. The molecule has 3 rings (SSSR count). The maximum absolute atomic E-state index is 13.0. The molecule has 1 saturated heterocycles. The van der Waals surface area contributed by atoms with Crippen LogP contribution >= 0.6 is 12.4 Å². The van der Waals surface area contributed by atoms with E-state index in [1.54, 1.807) is 12.1 Å². The molecule has 1 aliphatic heterocycles. The summed E-state index contributed by atoms with van der Waals surface area (Å²) in [5, 5.41) is 9.53. The Labute approximate surface area is 168 Å². The fraction of sp³-hybridized carbons (Fsp3) is 0.619. The molecule has 1 saturated carbocycles. The van der Waals surface area contributed by atoms with Gasteiger partial charge in [-0.15, -0.1) is 12.4 Å². The number of hydrogen-bond donors (Lipinski definition) is 3. The summed E-state index contributed by atoms with van der Waals surface area (Å²) >= 11 is 0. The molecule has 0 aromatic heterocycles. The Kier molecular flexibility index (Phi) is 6.92. The van der Waals surface area contributed by atoms with E-state index in [2.05, 4.69) is 22.9 Å². The van der Waals surface area contributed by atoms with E-state index in [1.165, 1.54) is 6.42 Å². The second-order valence-electron chi connectivity index (χ2n) is 8.45. The largest absolute Gasteiger partial charge is 0.347 e. The monoisotopic (exact) mass is 393 g/mol. The lowest BCUT2D eigenvalue weighted by atomic mass is 9.67. The minimum absolute atomic E-state index is 0. The van der Waals surface area contributed by atoms with Crippen LogP contribution in [0.1, 0.15) is 63.2 Å². The molecule has 1 aromatic carbocycles. The lowest BCUT2D eigenvalue weighted by molar-refractivity contribution is -0.128. The molecular formula is C21H32ClN3O2. The van der Waals surface area contributed by atoms with Crippen molar-refractivity contribution in [3.8, 4) is 0 Å². The number of nitrogens with one attached hydrogen (secondary N) is 3. The number of carbonyl (C=O) groups excluding carboxylic acids is 2. The zero-order chi connectivity index (χ0) is 18.8. The molecule has 5 nitrogen and oxygen atoms in total. The number of anilines is 1. The van der Waals surface area contributed by atoms with Gasteiger partial charge < -0.3 is 16.0 Å². The van der Waals surface area contributed by atoms with Crippen molar-refractivity contribution in [2.75, 3.05) is 18.4 Å². The molecular weight excluding hydrogens is 362 g/mol. The molecule has 2 atom stereocenters. The lowest BCUT2D eigenvalue weighted by Gasteiger charge is -2.37. The van der Waals surface area contributed by atoms with Crippen LogP contribution in [0.3, 0.4) is 0 Å². The fourth-order valence-corrected chi connectivity index (χ4v) is 4.12. The molecule has 27 heavy (non-hydrogen) atoms. The van der Waals surface area contributed by atoms with Gasteiger partial charge in [-0.2, -0.15) is 0 Å². The van der Waals surface area contributed by atoms with Crippen LogP contribution in [0.5, 0.6) is 0 Å². The summed E-state index contributed by atoms with van der Waals surface area (Å²) in [6.45, 7) is 7.79. The van der Waals surface area contributed by atoms with E-state index in [0.29, 0.717) is 11.5 Å². The van der Waals surface area contributed by atoms with Gasteiger partial charge in [-0.25, -0.2) is 0 Å². The molecule has 1 aliphatic carbocycles. The first-order chi connectivity index (χ1) is 12.4. The normalized spacial score (nSPS) is 24.5. The topological polar surface area (TPSA) is 70.2 Å². The Morgan fingerprint density at radius 3 is 2.59 bits per heavy atom. The average Bonchev–Trinajstić information content (AvgIpc) is 3.07. The van der Waals surface area contributed by atoms with Crippen molar-refractivity contribution in [1.82, 2.24) is 10.6 Å². The summed E-state index contributed by atoms with van der Waals surface area (Å²) < 4.78 is 0. The van der Waals surface area contributed by atoms with Crippen LogP contribution in [0.2, 0.25) is 0 Å². The molecule has 3 N–H and O–H groups in total. The van der Waals surface area contributed by atoms with Crippen LogP contribution in [0.4, 0.5) is 5.69 Å². The van der Waals surface area contributed by atoms with E-state index in [9.17, 15) is 9.59 Å². The van der Waals surface area contributed by atoms with Gasteiger partial charge in [0, 0.05) is 23.3 Å². The Hall–Kier alpha value is -1.59. The highest BCUT2D eigenvalue weighted by molar-refractivity contribution is 5.98. The number of amides is 2. The van der Waals surface area contributed by atoms with Crippen LogP contribution in [0.25, 0.3) is 0 Å². The fourth-order valence-electron chi connectivity index (χ4n) is 4.12. The second kappa shape index (κ2) is 8.61. The van der Waals surface area contributed by atoms with Gasteiger partial charge in [-0.05, 0) is 69.8 Å². The SMILES string of the molecule is CCC(C)(C)NC(=O)c1ccc(NC(=O)[C@@]23CCCC[C@H]2CNC3)cc1.Cl. The molecule has 2 amide bonds. The van der Waals surface area contributed by atoms with Gasteiger partial charge in [-0.1, -0.05) is 19.8 Å². The summed E-state index contributed by atoms with van der Waals surface area (Å²) in [5.74, 6) is 0.481. The minimum Gasteiger partial charge on any atom is -0.347 e. The molecule has 1 heterocycles. The van der Waals surface area contributed by atoms with E-state index in [4.69, 9.17) is 0 Å². The quantitative estimate of drug-likeness (QED) is 0.713. The summed E-state index contributed by atoms with van der Waals surface area (Å²) in [6.07, 6.45) is 5.30. The van der Waals surface area contributed by atoms with Crippen molar-refractivity contribution in [2.24, 2.45) is 11.3 Å². The van der Waals surface area contributed by atoms with Crippen LogP contribution in [-0.4, -0.2) is 30.4 Å². The number of carbonyl (C=O) groups is 2. The zero-order valence-corrected chi connectivity index (χ0v) is 17.4. The Bertz CT molecular complexity index is 675. The molecule has 1 aromatic rings. The van der Waals surface area contributed by atoms with E-state index in [-0.39, 0.29) is 35.2 Å². The van der Waals surface area contributed by atoms with E-state index < -0.39 is 0 Å². The molecule has 0 unspecified atom stereocenters. The highest BCUT2D eigenvalue weighted by Crippen LogP contribution is 2.44. The van der Waals surface area contributed by atoms with Crippen LogP contribution in [-0.2, 0) is 4.79 Å². The van der Waals surface area contributed by atoms with Crippen LogP contribution in [0, 0.1) is 11.3 Å².